The van der Waals surface area contributed by atoms with Crippen molar-refractivity contribution in [2.45, 2.75) is 32.6 Å². The van der Waals surface area contributed by atoms with Gasteiger partial charge in [0.05, 0.1) is 22.1 Å². The SMILES string of the molecule is CC1C=c2sc3ccccc3c2=C(N(c2ccc3c(c2)-c2c4ccccc4c(-c4cccc(-n5c6ccccc6c6ccc(N(c7ccc8c(c7)C7=c9ccccc9=CC9=CC=CC8C97)c7ccc8sc9c(c8c7)CC(C)C=C9)cc65)c4)c4cccc-3c24)c2ccc3c4ccccc4n(-c4ccccc4)c3c2)C1. The summed E-state index contributed by atoms with van der Waals surface area (Å²) in [5, 5.41) is 16.7. The van der Waals surface area contributed by atoms with Gasteiger partial charge in [-0.1, -0.05) is 226 Å². The van der Waals surface area contributed by atoms with E-state index in [9.17, 15) is 0 Å². The van der Waals surface area contributed by atoms with E-state index < -0.39 is 0 Å². The first kappa shape index (κ1) is 60.7. The fourth-order valence-corrected chi connectivity index (χ4v) is 22.5. The first-order valence-electron chi connectivity index (χ1n) is 38.1. The van der Waals surface area contributed by atoms with E-state index in [2.05, 4.69) is 360 Å². The molecule has 508 valence electrons. The van der Waals surface area contributed by atoms with E-state index in [-0.39, 0.29) is 0 Å². The molecule has 108 heavy (non-hydrogen) atoms. The molecule has 24 rings (SSSR count). The number of para-hydroxylation sites is 3. The van der Waals surface area contributed by atoms with Crippen LogP contribution in [0.1, 0.15) is 47.8 Å². The number of benzene rings is 14. The molecular formula is C102H68N4S2. The van der Waals surface area contributed by atoms with Crippen molar-refractivity contribution in [3.05, 3.63) is 357 Å². The van der Waals surface area contributed by atoms with Gasteiger partial charge in [-0.2, -0.15) is 0 Å². The summed E-state index contributed by atoms with van der Waals surface area (Å²) in [5.41, 5.74) is 28.7. The second kappa shape index (κ2) is 23.0. The third kappa shape index (κ3) is 8.72. The van der Waals surface area contributed by atoms with Crippen LogP contribution >= 0.6 is 22.7 Å². The smallest absolute Gasteiger partial charge is 0.0561 e. The fourth-order valence-electron chi connectivity index (χ4n) is 20.1. The second-order valence-corrected chi connectivity index (χ2v) is 32.9. The molecule has 4 atom stereocenters. The number of rotatable bonds is 9. The monoisotopic (exact) mass is 1410 g/mol. The molecule has 4 unspecified atom stereocenters. The van der Waals surface area contributed by atoms with Crippen LogP contribution in [0.25, 0.3) is 160 Å². The molecule has 0 spiro atoms. The van der Waals surface area contributed by atoms with E-state index in [1.54, 1.807) is 0 Å². The van der Waals surface area contributed by atoms with Gasteiger partial charge >= 0.3 is 0 Å². The molecule has 6 heteroatoms. The van der Waals surface area contributed by atoms with E-state index in [1.807, 2.05) is 22.7 Å². The Labute approximate surface area is 632 Å². The molecule has 0 N–H and O–H groups in total. The minimum atomic E-state index is 0.291. The normalized spacial score (nSPS) is 17.0. The van der Waals surface area contributed by atoms with Crippen molar-refractivity contribution in [1.82, 2.24) is 9.13 Å². The Morgan fingerprint density at radius 1 is 0.407 bits per heavy atom. The minimum Gasteiger partial charge on any atom is -0.313 e. The number of thiophene rings is 2. The van der Waals surface area contributed by atoms with Crippen LogP contribution in [0.2, 0.25) is 0 Å². The van der Waals surface area contributed by atoms with Crippen LogP contribution < -0.4 is 30.0 Å². The van der Waals surface area contributed by atoms with Gasteiger partial charge in [0.15, 0.2) is 0 Å². The molecule has 6 aliphatic rings. The van der Waals surface area contributed by atoms with E-state index in [0.29, 0.717) is 23.7 Å². The third-order valence-corrected chi connectivity index (χ3v) is 26.9. The molecule has 0 saturated heterocycles. The Balaban J connectivity index is 0.682. The summed E-state index contributed by atoms with van der Waals surface area (Å²) in [6.07, 6.45) is 18.7. The predicted octanol–water partition coefficient (Wildman–Crippen LogP) is 24.6. The maximum absolute atomic E-state index is 2.63. The average Bonchev–Trinajstić information content (AvgIpc) is 1.54. The zero-order valence-corrected chi connectivity index (χ0v) is 61.1. The second-order valence-electron chi connectivity index (χ2n) is 30.7. The molecule has 14 aromatic carbocycles. The average molecular weight is 1410 g/mol. The molecule has 4 nitrogen and oxygen atoms in total. The maximum atomic E-state index is 2.63. The molecule has 0 saturated carbocycles. The van der Waals surface area contributed by atoms with Crippen LogP contribution in [0.15, 0.2) is 315 Å². The molecule has 0 aliphatic heterocycles. The number of hydrogen-bond acceptors (Lipinski definition) is 4. The van der Waals surface area contributed by atoms with E-state index in [1.165, 1.54) is 172 Å². The standard InChI is InChI=1S/C102H68N4S2/c1-59-37-47-94-84(49-59)85-54-67(42-48-95(85)107-94)103(66-38-43-72-78-31-17-21-62-52-61-19-6-7-25-71(61)99(98(62)78)86(72)55-66)69-40-45-77-75-27-11-14-35-89(75)106(91(77)57-69)65-24-16-20-63(53-65)97-80-28-8-9-29-81(80)101-87-56-68(39-44-73(87)79-32-18-33-83(97)100(79)101)104(92-50-60(2)51-96-102(92)82-30-12-15-36-93(82)108-96)70-41-46-76-74-26-10-13-34-88(74)105(90(76)58-70)64-22-4-3-5-23-64/h3-48,51-60,78,98H,49-50H2,1-2H3. The summed E-state index contributed by atoms with van der Waals surface area (Å²) < 4.78 is 9.01. The summed E-state index contributed by atoms with van der Waals surface area (Å²) in [5.74, 6) is 1.40. The molecule has 4 heterocycles. The highest BCUT2D eigenvalue weighted by Crippen LogP contribution is 2.57. The molecule has 4 aromatic heterocycles. The molecular weight excluding hydrogens is 1350 g/mol. The van der Waals surface area contributed by atoms with E-state index in [0.717, 1.165) is 58.2 Å². The summed E-state index contributed by atoms with van der Waals surface area (Å²) in [6, 6.07) is 109. The van der Waals surface area contributed by atoms with Gasteiger partial charge in [-0.15, -0.1) is 22.7 Å². The summed E-state index contributed by atoms with van der Waals surface area (Å²) in [7, 11) is 0. The Hall–Kier alpha value is -12.6. The van der Waals surface area contributed by atoms with Gasteiger partial charge in [-0.3, -0.25) is 0 Å². The van der Waals surface area contributed by atoms with Gasteiger partial charge in [0.2, 0.25) is 0 Å². The largest absolute Gasteiger partial charge is 0.313 e. The van der Waals surface area contributed by atoms with Gasteiger partial charge in [0, 0.05) is 108 Å². The van der Waals surface area contributed by atoms with Gasteiger partial charge in [-0.25, -0.2) is 0 Å². The molecule has 18 aromatic rings. The summed E-state index contributed by atoms with van der Waals surface area (Å²) in [6.45, 7) is 4.74. The van der Waals surface area contributed by atoms with Crippen molar-refractivity contribution in [2.75, 3.05) is 9.80 Å². The number of anilines is 5. The number of fused-ring (bicyclic) bond motifs is 21. The molecule has 6 aliphatic carbocycles. The van der Waals surface area contributed by atoms with Crippen LogP contribution in [0.4, 0.5) is 28.4 Å². The zero-order valence-electron chi connectivity index (χ0n) is 59.5. The van der Waals surface area contributed by atoms with Crippen molar-refractivity contribution in [3.63, 3.8) is 0 Å². The number of allylic oxidation sites excluding steroid dienone is 5. The van der Waals surface area contributed by atoms with Crippen LogP contribution in [-0.4, -0.2) is 9.13 Å². The Morgan fingerprint density at radius 2 is 1.03 bits per heavy atom. The van der Waals surface area contributed by atoms with Gasteiger partial charge in [0.25, 0.3) is 0 Å². The first-order chi connectivity index (χ1) is 53.4. The molecule has 0 bridgehead atoms. The lowest BCUT2D eigenvalue weighted by Crippen LogP contribution is -2.34. The first-order valence-corrected chi connectivity index (χ1v) is 39.8. The lowest BCUT2D eigenvalue weighted by molar-refractivity contribution is 0.724. The minimum absolute atomic E-state index is 0.291. The van der Waals surface area contributed by atoms with Crippen LogP contribution in [0.3, 0.4) is 0 Å². The fraction of sp³-hybridized carbons (Fsp3) is 0.0784. The Bertz CT molecular complexity index is 7450. The van der Waals surface area contributed by atoms with Crippen molar-refractivity contribution >= 4 is 166 Å². The lowest BCUT2D eigenvalue weighted by Gasteiger charge is -2.31. The number of aromatic nitrogens is 2. The van der Waals surface area contributed by atoms with Crippen molar-refractivity contribution in [3.8, 4) is 44.8 Å². The third-order valence-electron chi connectivity index (χ3n) is 24.6. The van der Waals surface area contributed by atoms with E-state index in [4.69, 9.17) is 0 Å². The van der Waals surface area contributed by atoms with Crippen molar-refractivity contribution in [2.24, 2.45) is 17.8 Å². The quantitative estimate of drug-likeness (QED) is 0.134. The lowest BCUT2D eigenvalue weighted by atomic mass is 9.77. The topological polar surface area (TPSA) is 16.3 Å². The van der Waals surface area contributed by atoms with Crippen molar-refractivity contribution in [1.29, 1.82) is 0 Å². The highest BCUT2D eigenvalue weighted by Gasteiger charge is 2.41. The van der Waals surface area contributed by atoms with Crippen molar-refractivity contribution < 1.29 is 0 Å². The van der Waals surface area contributed by atoms with Gasteiger partial charge < -0.3 is 18.9 Å². The Morgan fingerprint density at radius 3 is 1.85 bits per heavy atom. The number of hydrogen-bond donors (Lipinski definition) is 0. The zero-order chi connectivity index (χ0) is 70.7. The summed E-state index contributed by atoms with van der Waals surface area (Å²) >= 11 is 3.85. The number of nitrogens with zero attached hydrogens (tertiary/aromatic N) is 4. The maximum Gasteiger partial charge on any atom is 0.0561 e. The highest BCUT2D eigenvalue weighted by molar-refractivity contribution is 7.20. The van der Waals surface area contributed by atoms with Crippen LogP contribution in [-0.2, 0) is 6.42 Å². The summed E-state index contributed by atoms with van der Waals surface area (Å²) in [4.78, 5) is 6.57. The van der Waals surface area contributed by atoms with Gasteiger partial charge in [0.1, 0.15) is 0 Å². The molecule has 0 fully saturated rings. The Kier molecular flexibility index (Phi) is 12.9. The van der Waals surface area contributed by atoms with E-state index >= 15 is 0 Å². The van der Waals surface area contributed by atoms with Crippen LogP contribution in [0, 0.1) is 17.8 Å². The predicted molar refractivity (Wildman–Crippen MR) is 459 cm³/mol. The van der Waals surface area contributed by atoms with Gasteiger partial charge in [-0.05, 0) is 239 Å². The molecule has 0 radical (unpaired) electrons. The molecule has 0 amide bonds. The highest BCUT2D eigenvalue weighted by atomic mass is 32.1. The van der Waals surface area contributed by atoms with Crippen LogP contribution in [0.5, 0.6) is 0 Å².